The van der Waals surface area contributed by atoms with E-state index in [1.165, 1.54) is 12.1 Å². The summed E-state index contributed by atoms with van der Waals surface area (Å²) in [7, 11) is -3.14. The molecule has 0 saturated heterocycles. The van der Waals surface area contributed by atoms with Gasteiger partial charge < -0.3 is 11.1 Å². The quantitative estimate of drug-likeness (QED) is 0.780. The number of carbonyl (C=O) groups is 1. The first-order valence-electron chi connectivity index (χ1n) is 6.98. The van der Waals surface area contributed by atoms with Gasteiger partial charge in [0.25, 0.3) is 0 Å². The lowest BCUT2D eigenvalue weighted by molar-refractivity contribution is -0.122. The monoisotopic (exact) mass is 330 g/mol. The number of amides is 1. The number of nitrogens with one attached hydrogen (secondary N) is 1. The lowest BCUT2D eigenvalue weighted by atomic mass is 9.84. The molecule has 0 heterocycles. The molecule has 124 valence electrons. The number of nitrogens with two attached hydrogens (primary N) is 1. The number of benzene rings is 1. The molecule has 7 heteroatoms. The fourth-order valence-electron chi connectivity index (χ4n) is 1.91. The van der Waals surface area contributed by atoms with Crippen LogP contribution in [-0.4, -0.2) is 38.9 Å². The molecule has 0 spiro atoms. The van der Waals surface area contributed by atoms with Crippen molar-refractivity contribution in [3.05, 3.63) is 35.6 Å². The van der Waals surface area contributed by atoms with Crippen molar-refractivity contribution in [2.45, 2.75) is 31.7 Å². The minimum Gasteiger partial charge on any atom is -0.354 e. The van der Waals surface area contributed by atoms with Gasteiger partial charge in [-0.15, -0.1) is 0 Å². The molecule has 0 saturated carbocycles. The normalized spacial score (nSPS) is 13.7. The number of rotatable bonds is 7. The summed E-state index contributed by atoms with van der Waals surface area (Å²) in [5.74, 6) is -0.826. The lowest BCUT2D eigenvalue weighted by Gasteiger charge is -2.26. The Labute approximate surface area is 131 Å². The van der Waals surface area contributed by atoms with Gasteiger partial charge in [-0.25, -0.2) is 12.8 Å². The Morgan fingerprint density at radius 1 is 1.32 bits per heavy atom. The van der Waals surface area contributed by atoms with E-state index in [1.54, 1.807) is 12.1 Å². The Morgan fingerprint density at radius 3 is 2.36 bits per heavy atom. The van der Waals surface area contributed by atoms with Crippen molar-refractivity contribution in [2.24, 2.45) is 5.73 Å². The second kappa shape index (κ2) is 7.19. The third-order valence-corrected chi connectivity index (χ3v) is 4.44. The Balaban J connectivity index is 2.56. The lowest BCUT2D eigenvalue weighted by Crippen LogP contribution is -2.45. The van der Waals surface area contributed by atoms with Crippen LogP contribution < -0.4 is 11.1 Å². The van der Waals surface area contributed by atoms with Gasteiger partial charge >= 0.3 is 0 Å². The maximum atomic E-state index is 12.9. The predicted octanol–water partition coefficient (Wildman–Crippen LogP) is 0.982. The fourth-order valence-corrected chi connectivity index (χ4v) is 2.60. The summed E-state index contributed by atoms with van der Waals surface area (Å²) in [5.41, 5.74) is 6.19. The van der Waals surface area contributed by atoms with Gasteiger partial charge in [0, 0.05) is 18.2 Å². The highest BCUT2D eigenvalue weighted by Gasteiger charge is 2.23. The Kier molecular flexibility index (Phi) is 6.08. The van der Waals surface area contributed by atoms with Crippen molar-refractivity contribution in [3.8, 4) is 0 Å². The van der Waals surface area contributed by atoms with Crippen LogP contribution in [0, 0.1) is 5.82 Å². The zero-order chi connectivity index (χ0) is 17.0. The predicted molar refractivity (Wildman–Crippen MR) is 84.7 cm³/mol. The molecule has 0 aliphatic rings. The molecule has 1 atom stereocenters. The van der Waals surface area contributed by atoms with Crippen molar-refractivity contribution in [3.63, 3.8) is 0 Å². The van der Waals surface area contributed by atoms with Crippen molar-refractivity contribution in [1.29, 1.82) is 0 Å². The summed E-state index contributed by atoms with van der Waals surface area (Å²) in [6, 6.07) is 5.22. The molecule has 1 rings (SSSR count). The topological polar surface area (TPSA) is 89.3 Å². The van der Waals surface area contributed by atoms with Gasteiger partial charge in [-0.1, -0.05) is 26.0 Å². The minimum absolute atomic E-state index is 0.0850. The molecule has 1 aromatic carbocycles. The third kappa shape index (κ3) is 6.11. The number of hydrogen-bond acceptors (Lipinski definition) is 4. The zero-order valence-corrected chi connectivity index (χ0v) is 13.9. The van der Waals surface area contributed by atoms with E-state index in [1.807, 2.05) is 13.8 Å². The van der Waals surface area contributed by atoms with Gasteiger partial charge in [0.15, 0.2) is 0 Å². The molecule has 0 aliphatic heterocycles. The highest BCUT2D eigenvalue weighted by molar-refractivity contribution is 7.90. The molecule has 0 bridgehead atoms. The first-order chi connectivity index (χ1) is 10.0. The van der Waals surface area contributed by atoms with Crippen LogP contribution in [0.15, 0.2) is 24.3 Å². The maximum absolute atomic E-state index is 12.9. The highest BCUT2D eigenvalue weighted by atomic mass is 32.2. The van der Waals surface area contributed by atoms with E-state index in [2.05, 4.69) is 5.32 Å². The number of hydrogen-bond donors (Lipinski definition) is 2. The van der Waals surface area contributed by atoms with Gasteiger partial charge in [-0.05, 0) is 24.1 Å². The number of carbonyl (C=O) groups excluding carboxylic acids is 1. The maximum Gasteiger partial charge on any atom is 0.236 e. The SMILES string of the molecule is CC(C)(CNC(=O)C(N)CCS(C)(=O)=O)c1ccc(F)cc1. The largest absolute Gasteiger partial charge is 0.354 e. The van der Waals surface area contributed by atoms with Crippen molar-refractivity contribution in [1.82, 2.24) is 5.32 Å². The van der Waals surface area contributed by atoms with Crippen LogP contribution in [0.2, 0.25) is 0 Å². The van der Waals surface area contributed by atoms with E-state index in [0.717, 1.165) is 11.8 Å². The van der Waals surface area contributed by atoms with Crippen LogP contribution in [0.1, 0.15) is 25.8 Å². The smallest absolute Gasteiger partial charge is 0.236 e. The van der Waals surface area contributed by atoms with Gasteiger partial charge in [0.2, 0.25) is 5.91 Å². The molecule has 1 aromatic rings. The van der Waals surface area contributed by atoms with Crippen molar-refractivity contribution < 1.29 is 17.6 Å². The van der Waals surface area contributed by atoms with Crippen molar-refractivity contribution in [2.75, 3.05) is 18.6 Å². The number of sulfone groups is 1. The summed E-state index contributed by atoms with van der Waals surface area (Å²) >= 11 is 0. The summed E-state index contributed by atoms with van der Waals surface area (Å²) < 4.78 is 35.1. The highest BCUT2D eigenvalue weighted by Crippen LogP contribution is 2.22. The molecular formula is C15H23FN2O3S. The molecule has 22 heavy (non-hydrogen) atoms. The Bertz CT molecular complexity index is 612. The van der Waals surface area contributed by atoms with E-state index in [4.69, 9.17) is 5.73 Å². The average Bonchev–Trinajstić information content (AvgIpc) is 2.42. The molecular weight excluding hydrogens is 307 g/mol. The standard InChI is InChI=1S/C15H23FN2O3S/c1-15(2,11-4-6-12(16)7-5-11)10-18-14(19)13(17)8-9-22(3,20)21/h4-7,13H,8-10,17H2,1-3H3,(H,18,19). The van der Waals surface area contributed by atoms with Crippen LogP contribution in [-0.2, 0) is 20.0 Å². The zero-order valence-electron chi connectivity index (χ0n) is 13.1. The van der Waals surface area contributed by atoms with E-state index in [-0.39, 0.29) is 29.3 Å². The fraction of sp³-hybridized carbons (Fsp3) is 0.533. The van der Waals surface area contributed by atoms with Crippen LogP contribution in [0.25, 0.3) is 0 Å². The van der Waals surface area contributed by atoms with E-state index < -0.39 is 15.9 Å². The second-order valence-electron chi connectivity index (χ2n) is 6.13. The molecule has 0 aliphatic carbocycles. The first-order valence-corrected chi connectivity index (χ1v) is 9.04. The Hall–Kier alpha value is -1.47. The van der Waals surface area contributed by atoms with Crippen LogP contribution in [0.4, 0.5) is 4.39 Å². The van der Waals surface area contributed by atoms with Crippen LogP contribution in [0.5, 0.6) is 0 Å². The molecule has 1 amide bonds. The van der Waals surface area contributed by atoms with E-state index in [0.29, 0.717) is 6.54 Å². The summed E-state index contributed by atoms with van der Waals surface area (Å²) in [6.45, 7) is 4.16. The summed E-state index contributed by atoms with van der Waals surface area (Å²) in [4.78, 5) is 11.9. The molecule has 5 nitrogen and oxygen atoms in total. The Morgan fingerprint density at radius 2 is 1.86 bits per heavy atom. The van der Waals surface area contributed by atoms with Gasteiger partial charge in [-0.3, -0.25) is 4.79 Å². The van der Waals surface area contributed by atoms with Gasteiger partial charge in [0.1, 0.15) is 15.7 Å². The summed E-state index contributed by atoms with van der Waals surface area (Å²) in [6.07, 6.45) is 1.19. The second-order valence-corrected chi connectivity index (χ2v) is 8.39. The minimum atomic E-state index is -3.14. The molecule has 3 N–H and O–H groups in total. The molecule has 1 unspecified atom stereocenters. The molecule has 0 radical (unpaired) electrons. The molecule has 0 fully saturated rings. The third-order valence-electron chi connectivity index (χ3n) is 3.47. The van der Waals surface area contributed by atoms with Gasteiger partial charge in [0.05, 0.1) is 11.8 Å². The van der Waals surface area contributed by atoms with E-state index >= 15 is 0 Å². The van der Waals surface area contributed by atoms with E-state index in [9.17, 15) is 17.6 Å². The molecule has 0 aromatic heterocycles. The first kappa shape index (κ1) is 18.6. The van der Waals surface area contributed by atoms with Crippen molar-refractivity contribution >= 4 is 15.7 Å². The van der Waals surface area contributed by atoms with Crippen LogP contribution >= 0.6 is 0 Å². The number of halogens is 1. The van der Waals surface area contributed by atoms with Crippen LogP contribution in [0.3, 0.4) is 0 Å². The summed E-state index contributed by atoms with van der Waals surface area (Å²) in [5, 5.41) is 2.72. The average molecular weight is 330 g/mol. The van der Waals surface area contributed by atoms with Gasteiger partial charge in [-0.2, -0.15) is 0 Å².